The molecular weight excluding hydrogens is 251 g/mol. The summed E-state index contributed by atoms with van der Waals surface area (Å²) in [4.78, 5) is 0. The van der Waals surface area contributed by atoms with Crippen LogP contribution in [0.4, 0.5) is 4.39 Å². The van der Waals surface area contributed by atoms with E-state index >= 15 is 0 Å². The first-order chi connectivity index (χ1) is 8.67. The predicted molar refractivity (Wildman–Crippen MR) is 72.8 cm³/mol. The van der Waals surface area contributed by atoms with E-state index in [-0.39, 0.29) is 19.0 Å². The van der Waals surface area contributed by atoms with Crippen LogP contribution in [0.3, 0.4) is 0 Å². The maximum atomic E-state index is 13.1. The minimum atomic E-state index is -0.325. The highest BCUT2D eigenvalue weighted by Crippen LogP contribution is 2.22. The van der Waals surface area contributed by atoms with Crippen molar-refractivity contribution in [3.63, 3.8) is 0 Å². The van der Waals surface area contributed by atoms with Gasteiger partial charge in [0.25, 0.3) is 0 Å². The van der Waals surface area contributed by atoms with Crippen LogP contribution in [-0.2, 0) is 5.75 Å². The second kappa shape index (κ2) is 8.15. The Kier molecular flexibility index (Phi) is 6.81. The van der Waals surface area contributed by atoms with Crippen LogP contribution in [0.25, 0.3) is 0 Å². The summed E-state index contributed by atoms with van der Waals surface area (Å²) in [5.74, 6) is 5.69. The molecule has 18 heavy (non-hydrogen) atoms. The van der Waals surface area contributed by atoms with Gasteiger partial charge < -0.3 is 10.2 Å². The van der Waals surface area contributed by atoms with Crippen molar-refractivity contribution in [1.82, 2.24) is 0 Å². The lowest BCUT2D eigenvalue weighted by Crippen LogP contribution is -2.00. The SMILES string of the molecule is CC(CCO)SCc1ccc(F)cc1C#CCO. The molecule has 0 spiro atoms. The first-order valence-electron chi connectivity index (χ1n) is 5.78. The fourth-order valence-electron chi connectivity index (χ4n) is 1.42. The molecule has 0 fully saturated rings. The van der Waals surface area contributed by atoms with E-state index in [9.17, 15) is 4.39 Å². The van der Waals surface area contributed by atoms with Crippen molar-refractivity contribution in [2.45, 2.75) is 24.3 Å². The van der Waals surface area contributed by atoms with Crippen LogP contribution >= 0.6 is 11.8 Å². The monoisotopic (exact) mass is 268 g/mol. The number of thioether (sulfide) groups is 1. The highest BCUT2D eigenvalue weighted by atomic mass is 32.2. The molecule has 0 aliphatic carbocycles. The standard InChI is InChI=1S/C14H17FO2S/c1-11(6-8-17)18-10-13-4-5-14(15)9-12(13)3-2-7-16/h4-5,9,11,16-17H,6-8,10H2,1H3. The van der Waals surface area contributed by atoms with Gasteiger partial charge in [-0.1, -0.05) is 24.8 Å². The van der Waals surface area contributed by atoms with E-state index in [1.165, 1.54) is 12.1 Å². The zero-order valence-electron chi connectivity index (χ0n) is 10.3. The normalized spacial score (nSPS) is 11.8. The van der Waals surface area contributed by atoms with Gasteiger partial charge in [0.2, 0.25) is 0 Å². The van der Waals surface area contributed by atoms with E-state index in [4.69, 9.17) is 10.2 Å². The molecule has 0 bridgehead atoms. The van der Waals surface area contributed by atoms with Crippen LogP contribution in [0, 0.1) is 17.7 Å². The highest BCUT2D eigenvalue weighted by Gasteiger charge is 2.06. The van der Waals surface area contributed by atoms with Gasteiger partial charge in [-0.15, -0.1) is 0 Å². The lowest BCUT2D eigenvalue weighted by molar-refractivity contribution is 0.289. The third-order valence-corrected chi connectivity index (χ3v) is 3.72. The molecule has 1 aromatic rings. The smallest absolute Gasteiger partial charge is 0.124 e. The molecule has 1 aromatic carbocycles. The van der Waals surface area contributed by atoms with Crippen molar-refractivity contribution in [3.8, 4) is 11.8 Å². The van der Waals surface area contributed by atoms with Crippen LogP contribution < -0.4 is 0 Å². The van der Waals surface area contributed by atoms with Crippen molar-refractivity contribution in [2.75, 3.05) is 13.2 Å². The van der Waals surface area contributed by atoms with Gasteiger partial charge in [-0.05, 0) is 24.1 Å². The molecule has 2 N–H and O–H groups in total. The molecular formula is C14H17FO2S. The van der Waals surface area contributed by atoms with Crippen molar-refractivity contribution in [3.05, 3.63) is 35.1 Å². The average molecular weight is 268 g/mol. The number of halogens is 1. The van der Waals surface area contributed by atoms with Crippen molar-refractivity contribution in [1.29, 1.82) is 0 Å². The third-order valence-electron chi connectivity index (χ3n) is 2.43. The predicted octanol–water partition coefficient (Wildman–Crippen LogP) is 2.17. The number of hydrogen-bond acceptors (Lipinski definition) is 3. The lowest BCUT2D eigenvalue weighted by atomic mass is 10.1. The summed E-state index contributed by atoms with van der Waals surface area (Å²) in [6.07, 6.45) is 0.740. The minimum absolute atomic E-state index is 0.175. The molecule has 1 atom stereocenters. The molecule has 4 heteroatoms. The summed E-state index contributed by atoms with van der Waals surface area (Å²) >= 11 is 1.69. The number of aliphatic hydroxyl groups is 2. The summed E-state index contributed by atoms with van der Waals surface area (Å²) in [5, 5.41) is 17.8. The molecule has 1 rings (SSSR count). The molecule has 0 aromatic heterocycles. The van der Waals surface area contributed by atoms with Gasteiger partial charge >= 0.3 is 0 Å². The molecule has 0 saturated carbocycles. The van der Waals surface area contributed by atoms with E-state index in [1.807, 2.05) is 6.92 Å². The Morgan fingerprint density at radius 1 is 1.39 bits per heavy atom. The third kappa shape index (κ3) is 5.09. The Morgan fingerprint density at radius 3 is 2.83 bits per heavy atom. The first-order valence-corrected chi connectivity index (χ1v) is 6.83. The van der Waals surface area contributed by atoms with Crippen LogP contribution in [0.1, 0.15) is 24.5 Å². The van der Waals surface area contributed by atoms with Crippen molar-refractivity contribution < 1.29 is 14.6 Å². The van der Waals surface area contributed by atoms with Crippen LogP contribution in [0.5, 0.6) is 0 Å². The number of rotatable bonds is 5. The van der Waals surface area contributed by atoms with Crippen molar-refractivity contribution >= 4 is 11.8 Å². The number of benzene rings is 1. The summed E-state index contributed by atoms with van der Waals surface area (Å²) in [6.45, 7) is 1.99. The van der Waals surface area contributed by atoms with E-state index in [0.717, 1.165) is 17.7 Å². The Labute approximate surface area is 111 Å². The topological polar surface area (TPSA) is 40.5 Å². The Balaban J connectivity index is 2.75. The van der Waals surface area contributed by atoms with Gasteiger partial charge in [0.1, 0.15) is 12.4 Å². The highest BCUT2D eigenvalue weighted by molar-refractivity contribution is 7.99. The molecule has 0 heterocycles. The minimum Gasteiger partial charge on any atom is -0.396 e. The second-order valence-corrected chi connectivity index (χ2v) is 5.32. The maximum Gasteiger partial charge on any atom is 0.124 e. The van der Waals surface area contributed by atoms with E-state index in [1.54, 1.807) is 17.8 Å². The zero-order valence-corrected chi connectivity index (χ0v) is 11.1. The average Bonchev–Trinajstić information content (AvgIpc) is 2.35. The Bertz CT molecular complexity index is 437. The largest absolute Gasteiger partial charge is 0.396 e. The van der Waals surface area contributed by atoms with Crippen LogP contribution in [0.15, 0.2) is 18.2 Å². The molecule has 0 amide bonds. The molecule has 98 valence electrons. The maximum absolute atomic E-state index is 13.1. The molecule has 0 radical (unpaired) electrons. The van der Waals surface area contributed by atoms with Gasteiger partial charge in [0.05, 0.1) is 0 Å². The quantitative estimate of drug-likeness (QED) is 0.804. The summed E-state index contributed by atoms with van der Waals surface area (Å²) in [7, 11) is 0. The zero-order chi connectivity index (χ0) is 13.4. The van der Waals surface area contributed by atoms with Crippen LogP contribution in [-0.4, -0.2) is 28.7 Å². The molecule has 0 saturated heterocycles. The fourth-order valence-corrected chi connectivity index (χ4v) is 2.41. The molecule has 2 nitrogen and oxygen atoms in total. The van der Waals surface area contributed by atoms with Crippen LogP contribution in [0.2, 0.25) is 0 Å². The second-order valence-electron chi connectivity index (χ2n) is 3.90. The van der Waals surface area contributed by atoms with Gasteiger partial charge in [-0.2, -0.15) is 11.8 Å². The first kappa shape index (κ1) is 15.0. The summed E-state index contributed by atoms with van der Waals surface area (Å²) < 4.78 is 13.1. The summed E-state index contributed by atoms with van der Waals surface area (Å²) in [6, 6.07) is 4.52. The fraction of sp³-hybridized carbons (Fsp3) is 0.429. The molecule has 1 unspecified atom stereocenters. The van der Waals surface area contributed by atoms with Gasteiger partial charge in [-0.25, -0.2) is 4.39 Å². The van der Waals surface area contributed by atoms with Crippen molar-refractivity contribution in [2.24, 2.45) is 0 Å². The van der Waals surface area contributed by atoms with E-state index < -0.39 is 0 Å². The lowest BCUT2D eigenvalue weighted by Gasteiger charge is -2.10. The summed E-state index contributed by atoms with van der Waals surface area (Å²) in [5.41, 5.74) is 1.57. The molecule has 0 aliphatic rings. The van der Waals surface area contributed by atoms with Gasteiger partial charge in [0, 0.05) is 23.2 Å². The number of hydrogen-bond donors (Lipinski definition) is 2. The molecule has 0 aliphatic heterocycles. The Morgan fingerprint density at radius 2 is 2.17 bits per heavy atom. The van der Waals surface area contributed by atoms with Gasteiger partial charge in [0.15, 0.2) is 0 Å². The Hall–Kier alpha value is -1.02. The van der Waals surface area contributed by atoms with E-state index in [2.05, 4.69) is 11.8 Å². The number of aliphatic hydroxyl groups excluding tert-OH is 2. The van der Waals surface area contributed by atoms with Gasteiger partial charge in [-0.3, -0.25) is 0 Å². The van der Waals surface area contributed by atoms with E-state index in [0.29, 0.717) is 10.8 Å².